The molecular weight excluding hydrogens is 545 g/mol. The number of halogens is 5. The average Bonchev–Trinajstić information content (AvgIpc) is 3.35. The molecule has 0 atom stereocenters. The zero-order valence-corrected chi connectivity index (χ0v) is 21.0. The summed E-state index contributed by atoms with van der Waals surface area (Å²) in [5.41, 5.74) is 2.25. The molecule has 0 aliphatic rings. The van der Waals surface area contributed by atoms with Crippen molar-refractivity contribution in [3.05, 3.63) is 130 Å². The van der Waals surface area contributed by atoms with Gasteiger partial charge in [-0.2, -0.15) is 18.3 Å². The van der Waals surface area contributed by atoms with E-state index in [0.717, 1.165) is 24.3 Å². The van der Waals surface area contributed by atoms with Crippen LogP contribution in [0.2, 0.25) is 0 Å². The van der Waals surface area contributed by atoms with E-state index < -0.39 is 35.3 Å². The number of nitrogens with zero attached hydrogens (tertiary/aromatic N) is 2. The molecule has 208 valence electrons. The molecule has 1 amide bonds. The summed E-state index contributed by atoms with van der Waals surface area (Å²) in [5.74, 6) is -3.71. The van der Waals surface area contributed by atoms with Gasteiger partial charge in [0, 0.05) is 30.3 Å². The summed E-state index contributed by atoms with van der Waals surface area (Å²) in [5, 5.41) is 16.2. The molecule has 0 saturated heterocycles. The minimum absolute atomic E-state index is 0.0582. The van der Waals surface area contributed by atoms with Crippen LogP contribution in [-0.2, 0) is 19.1 Å². The van der Waals surface area contributed by atoms with Gasteiger partial charge in [0.15, 0.2) is 11.6 Å². The van der Waals surface area contributed by atoms with Gasteiger partial charge < -0.3 is 10.4 Å². The van der Waals surface area contributed by atoms with E-state index >= 15 is 0 Å². The first-order valence-electron chi connectivity index (χ1n) is 12.2. The number of fused-ring (bicyclic) bond motifs is 1. The normalized spacial score (nSPS) is 11.5. The van der Waals surface area contributed by atoms with Crippen molar-refractivity contribution in [1.82, 2.24) is 14.9 Å². The number of hydrogen-bond acceptors (Lipinski definition) is 3. The van der Waals surface area contributed by atoms with Gasteiger partial charge in [-0.1, -0.05) is 30.3 Å². The van der Waals surface area contributed by atoms with Crippen LogP contribution in [0.3, 0.4) is 0 Å². The molecule has 3 aromatic carbocycles. The van der Waals surface area contributed by atoms with Crippen LogP contribution < -0.4 is 5.32 Å². The Labute approximate surface area is 229 Å². The maximum absolute atomic E-state index is 14.0. The van der Waals surface area contributed by atoms with Crippen LogP contribution in [0.15, 0.2) is 85.2 Å². The number of carboxylic acid groups (broad SMARTS) is 1. The zero-order chi connectivity index (χ0) is 29.3. The number of benzene rings is 3. The molecule has 5 rings (SSSR count). The molecule has 6 nitrogen and oxygen atoms in total. The first kappa shape index (κ1) is 27.5. The number of carbonyl (C=O) groups is 2. The third kappa shape index (κ3) is 5.93. The number of aromatic carboxylic acids is 1. The number of hydrogen-bond donors (Lipinski definition) is 2. The van der Waals surface area contributed by atoms with Crippen LogP contribution in [-0.4, -0.2) is 26.6 Å². The Kier molecular flexibility index (Phi) is 7.27. The highest BCUT2D eigenvalue weighted by atomic mass is 19.4. The molecule has 0 aliphatic heterocycles. The largest absolute Gasteiger partial charge is 0.478 e. The quantitative estimate of drug-likeness (QED) is 0.220. The van der Waals surface area contributed by atoms with Crippen LogP contribution in [0.5, 0.6) is 0 Å². The highest BCUT2D eigenvalue weighted by molar-refractivity contribution is 6.02. The average molecular weight is 565 g/mol. The first-order valence-corrected chi connectivity index (χ1v) is 12.2. The molecule has 5 aromatic rings. The number of carbonyl (C=O) groups excluding carboxylic acids is 1. The Hall–Kier alpha value is -5.06. The maximum Gasteiger partial charge on any atom is 0.416 e. The molecule has 2 aromatic heterocycles. The summed E-state index contributed by atoms with van der Waals surface area (Å²) < 4.78 is 67.9. The third-order valence-electron chi connectivity index (χ3n) is 6.51. The molecule has 0 aliphatic carbocycles. The van der Waals surface area contributed by atoms with Crippen molar-refractivity contribution >= 4 is 17.4 Å². The summed E-state index contributed by atoms with van der Waals surface area (Å²) >= 11 is 0. The fourth-order valence-electron chi connectivity index (χ4n) is 4.40. The molecule has 0 bridgehead atoms. The molecule has 11 heteroatoms. The van der Waals surface area contributed by atoms with Crippen molar-refractivity contribution < 1.29 is 36.6 Å². The lowest BCUT2D eigenvalue weighted by molar-refractivity contribution is -0.137. The highest BCUT2D eigenvalue weighted by Crippen LogP contribution is 2.31. The lowest BCUT2D eigenvalue weighted by Gasteiger charge is -2.12. The molecule has 0 saturated carbocycles. The summed E-state index contributed by atoms with van der Waals surface area (Å²) in [4.78, 5) is 24.6. The second kappa shape index (κ2) is 10.8. The smallest absolute Gasteiger partial charge is 0.416 e. The van der Waals surface area contributed by atoms with Gasteiger partial charge >= 0.3 is 12.1 Å². The van der Waals surface area contributed by atoms with Gasteiger partial charge in [0.25, 0.3) is 5.91 Å². The molecule has 0 radical (unpaired) electrons. The van der Waals surface area contributed by atoms with Gasteiger partial charge in [0.2, 0.25) is 0 Å². The van der Waals surface area contributed by atoms with Crippen molar-refractivity contribution in [1.29, 1.82) is 0 Å². The fraction of sp³-hybridized carbons (Fsp3) is 0.100. The van der Waals surface area contributed by atoms with Crippen molar-refractivity contribution in [2.24, 2.45) is 0 Å². The number of amides is 1. The number of rotatable bonds is 7. The van der Waals surface area contributed by atoms with E-state index in [2.05, 4.69) is 10.4 Å². The highest BCUT2D eigenvalue weighted by Gasteiger charge is 2.30. The van der Waals surface area contributed by atoms with Crippen LogP contribution in [0.1, 0.15) is 43.0 Å². The SMILES string of the molecule is O=C(O)c1ccc(CNC(=O)c2cc(-c3ccc(F)c(F)c3)cn3ncc(Cc4ccc(C(F)(F)F)cc4)c23)cc1. The van der Waals surface area contributed by atoms with Crippen LogP contribution in [0, 0.1) is 11.6 Å². The zero-order valence-electron chi connectivity index (χ0n) is 21.0. The predicted molar refractivity (Wildman–Crippen MR) is 139 cm³/mol. The number of carboxylic acids is 1. The van der Waals surface area contributed by atoms with Gasteiger partial charge in [-0.25, -0.2) is 18.1 Å². The topological polar surface area (TPSA) is 83.7 Å². The van der Waals surface area contributed by atoms with Gasteiger partial charge in [0.05, 0.1) is 28.4 Å². The molecular formula is C30H20F5N3O3. The van der Waals surface area contributed by atoms with E-state index in [1.54, 1.807) is 18.3 Å². The van der Waals surface area contributed by atoms with E-state index in [4.69, 9.17) is 5.11 Å². The third-order valence-corrected chi connectivity index (χ3v) is 6.51. The van der Waals surface area contributed by atoms with Gasteiger partial charge in [-0.3, -0.25) is 4.79 Å². The Morgan fingerprint density at radius 2 is 1.54 bits per heavy atom. The Morgan fingerprint density at radius 3 is 2.17 bits per heavy atom. The fourth-order valence-corrected chi connectivity index (χ4v) is 4.40. The lowest BCUT2D eigenvalue weighted by atomic mass is 10.00. The van der Waals surface area contributed by atoms with E-state index in [9.17, 15) is 31.5 Å². The first-order chi connectivity index (χ1) is 19.5. The van der Waals surface area contributed by atoms with E-state index in [-0.39, 0.29) is 24.1 Å². The Bertz CT molecular complexity index is 1760. The van der Waals surface area contributed by atoms with Crippen LogP contribution in [0.25, 0.3) is 16.6 Å². The number of nitrogens with one attached hydrogen (secondary N) is 1. The molecule has 0 unspecified atom stereocenters. The van der Waals surface area contributed by atoms with E-state index in [1.165, 1.54) is 47.1 Å². The summed E-state index contributed by atoms with van der Waals surface area (Å²) in [6.45, 7) is 0.0582. The lowest BCUT2D eigenvalue weighted by Crippen LogP contribution is -2.24. The molecule has 0 spiro atoms. The van der Waals surface area contributed by atoms with Crippen molar-refractivity contribution in [2.45, 2.75) is 19.1 Å². The summed E-state index contributed by atoms with van der Waals surface area (Å²) in [7, 11) is 0. The predicted octanol–water partition coefficient (Wildman–Crippen LogP) is 6.52. The van der Waals surface area contributed by atoms with Gasteiger partial charge in [-0.05, 0) is 59.2 Å². The van der Waals surface area contributed by atoms with Crippen LogP contribution >= 0.6 is 0 Å². The second-order valence-electron chi connectivity index (χ2n) is 9.29. The summed E-state index contributed by atoms with van der Waals surface area (Å²) in [6, 6.07) is 15.4. The number of aromatic nitrogens is 2. The van der Waals surface area contributed by atoms with E-state index in [1.807, 2.05) is 0 Å². The number of alkyl halides is 3. The van der Waals surface area contributed by atoms with Crippen molar-refractivity contribution in [3.63, 3.8) is 0 Å². The number of pyridine rings is 1. The molecule has 2 N–H and O–H groups in total. The van der Waals surface area contributed by atoms with Crippen LogP contribution in [0.4, 0.5) is 22.0 Å². The van der Waals surface area contributed by atoms with Crippen molar-refractivity contribution in [2.75, 3.05) is 0 Å². The standard InChI is InChI=1S/C30H20F5N3O3/c31-25-10-7-20(13-26(25)32)22-12-24(28(39)36-14-18-1-5-19(6-2-18)29(40)41)27-21(15-37-38(27)16-22)11-17-3-8-23(9-4-17)30(33,34)35/h1-10,12-13,15-16H,11,14H2,(H,36,39)(H,40,41). The Morgan fingerprint density at radius 1 is 0.854 bits per heavy atom. The molecule has 2 heterocycles. The minimum Gasteiger partial charge on any atom is -0.478 e. The monoisotopic (exact) mass is 565 g/mol. The Balaban J connectivity index is 1.51. The van der Waals surface area contributed by atoms with E-state index in [0.29, 0.717) is 33.3 Å². The maximum atomic E-state index is 14.0. The summed E-state index contributed by atoms with van der Waals surface area (Å²) in [6.07, 6.45) is -1.27. The second-order valence-corrected chi connectivity index (χ2v) is 9.29. The van der Waals surface area contributed by atoms with Gasteiger partial charge in [-0.15, -0.1) is 0 Å². The molecule has 41 heavy (non-hydrogen) atoms. The van der Waals surface area contributed by atoms with Crippen molar-refractivity contribution in [3.8, 4) is 11.1 Å². The molecule has 0 fully saturated rings. The minimum atomic E-state index is -4.47. The van der Waals surface area contributed by atoms with Gasteiger partial charge in [0.1, 0.15) is 0 Å².